The number of anilines is 1. The third-order valence-corrected chi connectivity index (χ3v) is 4.75. The highest BCUT2D eigenvalue weighted by atomic mass is 16.3. The van der Waals surface area contributed by atoms with Crippen molar-refractivity contribution in [3.8, 4) is 0 Å². The molecular formula is C20H14N2O5. The standard InChI is InChI=1S/C20H14N2O5/c1-10(23)22-15-6-4-3-5-13(15)16(20(22)27)17(24)11-7-8-12-14(9-11)19(26)21(2)18(12)25/h3-9,24H,1-2H3. The summed E-state index contributed by atoms with van der Waals surface area (Å²) in [6.45, 7) is 1.27. The predicted molar refractivity (Wildman–Crippen MR) is 96.9 cm³/mol. The van der Waals surface area contributed by atoms with Gasteiger partial charge < -0.3 is 5.11 Å². The molecule has 1 N–H and O–H groups in total. The Morgan fingerprint density at radius 2 is 1.56 bits per heavy atom. The first-order valence-corrected chi connectivity index (χ1v) is 8.17. The maximum atomic E-state index is 12.8. The molecule has 27 heavy (non-hydrogen) atoms. The Morgan fingerprint density at radius 1 is 0.889 bits per heavy atom. The van der Waals surface area contributed by atoms with Crippen molar-refractivity contribution >= 4 is 40.6 Å². The molecule has 0 unspecified atom stereocenters. The lowest BCUT2D eigenvalue weighted by Crippen LogP contribution is -2.31. The third kappa shape index (κ3) is 2.21. The van der Waals surface area contributed by atoms with E-state index < -0.39 is 23.6 Å². The second-order valence-corrected chi connectivity index (χ2v) is 6.33. The number of aliphatic hydroxyl groups excluding tert-OH is 1. The molecular weight excluding hydrogens is 348 g/mol. The number of nitrogens with zero attached hydrogens (tertiary/aromatic N) is 2. The van der Waals surface area contributed by atoms with Crippen molar-refractivity contribution in [2.75, 3.05) is 11.9 Å². The minimum absolute atomic E-state index is 0.0223. The SMILES string of the molecule is CC(=O)N1C(=O)C(=C(O)c2ccc3c(c2)C(=O)N(C)C3=O)c2ccccc21. The molecule has 0 saturated carbocycles. The van der Waals surface area contributed by atoms with Crippen LogP contribution >= 0.6 is 0 Å². The summed E-state index contributed by atoms with van der Waals surface area (Å²) in [7, 11) is 1.38. The van der Waals surface area contributed by atoms with Crippen LogP contribution in [0.5, 0.6) is 0 Å². The normalized spacial score (nSPS) is 17.3. The van der Waals surface area contributed by atoms with Crippen molar-refractivity contribution in [2.24, 2.45) is 0 Å². The van der Waals surface area contributed by atoms with E-state index in [4.69, 9.17) is 0 Å². The molecule has 7 nitrogen and oxygen atoms in total. The van der Waals surface area contributed by atoms with Crippen LogP contribution in [-0.2, 0) is 9.59 Å². The van der Waals surface area contributed by atoms with Gasteiger partial charge in [0, 0.05) is 25.1 Å². The van der Waals surface area contributed by atoms with Crippen LogP contribution in [0.15, 0.2) is 42.5 Å². The zero-order valence-electron chi connectivity index (χ0n) is 14.5. The quantitative estimate of drug-likeness (QED) is 0.477. The first kappa shape index (κ1) is 16.7. The van der Waals surface area contributed by atoms with E-state index in [1.807, 2.05) is 0 Å². The van der Waals surface area contributed by atoms with E-state index in [1.54, 1.807) is 24.3 Å². The summed E-state index contributed by atoms with van der Waals surface area (Å²) >= 11 is 0. The van der Waals surface area contributed by atoms with Crippen molar-refractivity contribution in [1.29, 1.82) is 0 Å². The fraction of sp³-hybridized carbons (Fsp3) is 0.100. The largest absolute Gasteiger partial charge is 0.506 e. The fourth-order valence-corrected chi connectivity index (χ4v) is 3.41. The predicted octanol–water partition coefficient (Wildman–Crippen LogP) is 2.23. The van der Waals surface area contributed by atoms with Gasteiger partial charge in [-0.15, -0.1) is 0 Å². The second kappa shape index (κ2) is 5.63. The second-order valence-electron chi connectivity index (χ2n) is 6.33. The molecule has 0 bridgehead atoms. The molecule has 4 amide bonds. The van der Waals surface area contributed by atoms with Crippen LogP contribution < -0.4 is 4.90 Å². The minimum atomic E-state index is -0.638. The van der Waals surface area contributed by atoms with Gasteiger partial charge in [0.25, 0.3) is 17.7 Å². The highest BCUT2D eigenvalue weighted by molar-refractivity contribution is 6.42. The van der Waals surface area contributed by atoms with E-state index in [0.717, 1.165) is 9.80 Å². The van der Waals surface area contributed by atoms with Gasteiger partial charge in [-0.05, 0) is 18.2 Å². The Morgan fingerprint density at radius 3 is 2.26 bits per heavy atom. The maximum Gasteiger partial charge on any atom is 0.269 e. The van der Waals surface area contributed by atoms with Gasteiger partial charge in [0.1, 0.15) is 5.76 Å². The average molecular weight is 362 g/mol. The fourth-order valence-electron chi connectivity index (χ4n) is 3.41. The summed E-state index contributed by atoms with van der Waals surface area (Å²) in [6, 6.07) is 10.9. The Hall–Kier alpha value is -3.74. The van der Waals surface area contributed by atoms with Crippen molar-refractivity contribution in [3.05, 3.63) is 64.7 Å². The molecule has 2 aliphatic rings. The average Bonchev–Trinajstić information content (AvgIpc) is 3.07. The molecule has 134 valence electrons. The molecule has 4 rings (SSSR count). The van der Waals surface area contributed by atoms with Crippen LogP contribution in [0.25, 0.3) is 11.3 Å². The van der Waals surface area contributed by atoms with Gasteiger partial charge in [-0.1, -0.05) is 24.3 Å². The van der Waals surface area contributed by atoms with E-state index in [9.17, 15) is 24.3 Å². The summed E-state index contributed by atoms with van der Waals surface area (Å²) in [5, 5.41) is 10.8. The van der Waals surface area contributed by atoms with E-state index >= 15 is 0 Å². The molecule has 0 aliphatic carbocycles. The van der Waals surface area contributed by atoms with E-state index in [-0.39, 0.29) is 28.0 Å². The molecule has 0 radical (unpaired) electrons. The highest BCUT2D eigenvalue weighted by Gasteiger charge is 2.38. The summed E-state index contributed by atoms with van der Waals surface area (Å²) in [6.07, 6.45) is 0. The smallest absolute Gasteiger partial charge is 0.269 e. The number of benzene rings is 2. The Labute approximate surface area is 154 Å². The number of fused-ring (bicyclic) bond motifs is 2. The van der Waals surface area contributed by atoms with Crippen LogP contribution in [0, 0.1) is 0 Å². The van der Waals surface area contributed by atoms with Crippen molar-refractivity contribution in [3.63, 3.8) is 0 Å². The van der Waals surface area contributed by atoms with E-state index in [2.05, 4.69) is 0 Å². The number of para-hydroxylation sites is 1. The number of aliphatic hydroxyl groups is 1. The first-order valence-electron chi connectivity index (χ1n) is 8.17. The van der Waals surface area contributed by atoms with Gasteiger partial charge in [-0.2, -0.15) is 0 Å². The lowest BCUT2D eigenvalue weighted by atomic mass is 9.99. The van der Waals surface area contributed by atoms with Crippen LogP contribution in [0.2, 0.25) is 0 Å². The summed E-state index contributed by atoms with van der Waals surface area (Å²) in [5.41, 5.74) is 1.42. The van der Waals surface area contributed by atoms with Crippen LogP contribution in [0.1, 0.15) is 38.8 Å². The Balaban J connectivity index is 1.90. The number of rotatable bonds is 1. The molecule has 2 aromatic carbocycles. The first-order chi connectivity index (χ1) is 12.8. The molecule has 0 fully saturated rings. The summed E-state index contributed by atoms with van der Waals surface area (Å²) in [4.78, 5) is 50.9. The molecule has 2 aromatic rings. The van der Waals surface area contributed by atoms with Crippen molar-refractivity contribution < 1.29 is 24.3 Å². The van der Waals surface area contributed by atoms with Gasteiger partial charge in [-0.25, -0.2) is 4.90 Å². The summed E-state index contributed by atoms with van der Waals surface area (Å²) < 4.78 is 0. The molecule has 7 heteroatoms. The topological polar surface area (TPSA) is 95.0 Å². The molecule has 0 saturated heterocycles. The molecule has 0 aromatic heterocycles. The lowest BCUT2D eigenvalue weighted by molar-refractivity contribution is -0.122. The zero-order valence-corrected chi connectivity index (χ0v) is 14.5. The number of hydrogen-bond acceptors (Lipinski definition) is 5. The maximum absolute atomic E-state index is 12.8. The minimum Gasteiger partial charge on any atom is -0.506 e. The number of carbonyl (C=O) groups excluding carboxylic acids is 4. The highest BCUT2D eigenvalue weighted by Crippen LogP contribution is 2.40. The van der Waals surface area contributed by atoms with E-state index in [0.29, 0.717) is 11.3 Å². The zero-order chi connectivity index (χ0) is 19.5. The van der Waals surface area contributed by atoms with E-state index in [1.165, 1.54) is 32.2 Å². The molecule has 2 heterocycles. The van der Waals surface area contributed by atoms with Crippen LogP contribution in [0.3, 0.4) is 0 Å². The lowest BCUT2D eigenvalue weighted by Gasteiger charge is -2.11. The molecule has 0 atom stereocenters. The number of hydrogen-bond donors (Lipinski definition) is 1. The number of amides is 4. The Bertz CT molecular complexity index is 1100. The Kier molecular flexibility index (Phi) is 3.49. The van der Waals surface area contributed by atoms with Crippen LogP contribution in [-0.4, -0.2) is 40.7 Å². The van der Waals surface area contributed by atoms with Gasteiger partial charge >= 0.3 is 0 Å². The molecule has 0 spiro atoms. The van der Waals surface area contributed by atoms with Gasteiger partial charge in [-0.3, -0.25) is 24.1 Å². The summed E-state index contributed by atoms with van der Waals surface area (Å²) in [5.74, 6) is -2.35. The van der Waals surface area contributed by atoms with Gasteiger partial charge in [0.2, 0.25) is 5.91 Å². The van der Waals surface area contributed by atoms with Crippen molar-refractivity contribution in [1.82, 2.24) is 4.90 Å². The monoisotopic (exact) mass is 362 g/mol. The number of carbonyl (C=O) groups is 4. The third-order valence-electron chi connectivity index (χ3n) is 4.75. The molecule has 2 aliphatic heterocycles. The number of imide groups is 2. The van der Waals surface area contributed by atoms with Gasteiger partial charge in [0.15, 0.2) is 0 Å². The van der Waals surface area contributed by atoms with Gasteiger partial charge in [0.05, 0.1) is 22.4 Å². The van der Waals surface area contributed by atoms with Crippen molar-refractivity contribution in [2.45, 2.75) is 6.92 Å². The van der Waals surface area contributed by atoms with Crippen LogP contribution in [0.4, 0.5) is 5.69 Å².